The van der Waals surface area contributed by atoms with Gasteiger partial charge in [0.15, 0.2) is 10.8 Å². The van der Waals surface area contributed by atoms with Gasteiger partial charge in [-0.15, -0.1) is 61.7 Å². The van der Waals surface area contributed by atoms with E-state index in [4.69, 9.17) is 137 Å². The number of phenols is 1. The molecule has 2 unspecified atom stereocenters. The summed E-state index contributed by atoms with van der Waals surface area (Å²) in [5.41, 5.74) is 16.5. The summed E-state index contributed by atoms with van der Waals surface area (Å²) < 4.78 is 72.4. The van der Waals surface area contributed by atoms with Gasteiger partial charge in [-0.05, 0) is 171 Å². The van der Waals surface area contributed by atoms with Crippen LogP contribution < -0.4 is 59.2 Å². The number of nitrogens with two attached hydrogens (primary N) is 1. The molecule has 0 fully saturated rings. The van der Waals surface area contributed by atoms with Gasteiger partial charge in [0.2, 0.25) is 17.2 Å². The first-order valence-electron chi connectivity index (χ1n) is 36.2. The fourth-order valence-corrected chi connectivity index (χ4v) is 10.0. The third-order valence-corrected chi connectivity index (χ3v) is 18.7. The van der Waals surface area contributed by atoms with Crippen molar-refractivity contribution < 1.29 is 104 Å². The topological polar surface area (TPSA) is 482 Å². The number of hydrazine groups is 1. The number of alkyl halides is 1. The van der Waals surface area contributed by atoms with Gasteiger partial charge in [0, 0.05) is 42.6 Å². The Labute approximate surface area is 903 Å². The number of nitrogens with one attached hydrogen (secondary N) is 2. The number of carbonyl (C=O) groups excluding carboxylic acids is 3. The normalized spacial score (nSPS) is 9.94. The predicted molar refractivity (Wildman–Crippen MR) is 562 cm³/mol. The van der Waals surface area contributed by atoms with Crippen molar-refractivity contribution in [3.05, 3.63) is 250 Å². The van der Waals surface area contributed by atoms with E-state index in [1.54, 1.807) is 144 Å². The van der Waals surface area contributed by atoms with Gasteiger partial charge < -0.3 is 59.6 Å². The Balaban J connectivity index is -0.000000192. The number of esters is 2. The zero-order valence-electron chi connectivity index (χ0n) is 72.8. The molecular formula is C85H114BBr4Cl6LiN17Na2O18S2+. The molecule has 11 aromatic rings. The fourth-order valence-electron chi connectivity index (χ4n) is 8.54. The molecule has 0 aliphatic heterocycles. The van der Waals surface area contributed by atoms with Crippen LogP contribution in [0.3, 0.4) is 0 Å². The van der Waals surface area contributed by atoms with Gasteiger partial charge in [0.1, 0.15) is 56.3 Å². The Morgan fingerprint density at radius 3 is 1.12 bits per heavy atom. The van der Waals surface area contributed by atoms with Crippen LogP contribution in [0.4, 0.5) is 17.1 Å². The van der Waals surface area contributed by atoms with Crippen LogP contribution in [0.25, 0.3) is 22.0 Å². The maximum absolute atomic E-state index is 12.3. The number of aromatic hydroxyl groups is 1. The number of hydrogen-bond donors (Lipinski definition) is 6. The van der Waals surface area contributed by atoms with E-state index in [1.165, 1.54) is 105 Å². The summed E-state index contributed by atoms with van der Waals surface area (Å²) in [5, 5.41) is 73.4. The summed E-state index contributed by atoms with van der Waals surface area (Å²) >= 11 is 50.6. The van der Waals surface area contributed by atoms with Gasteiger partial charge in [0.25, 0.3) is 0 Å². The monoisotopic (exact) mass is 2310 g/mol. The predicted octanol–water partition coefficient (Wildman–Crippen LogP) is 20.1. The van der Waals surface area contributed by atoms with Crippen molar-refractivity contribution in [1.29, 1.82) is 5.39 Å². The van der Waals surface area contributed by atoms with E-state index in [1.807, 2.05) is 90.1 Å². The SMILES string of the molecule is BrB(Br)Br.C.C.C.C.C.C.C.CC(=O)/C(C)=N/O.COC(=O)C(Br)c1ccccc1.COC(=O)C(Oc1ccc(Cl)cc1-n1nc(C)c(C)n1)c1ccccc1.COc1ccc(Cl)cc1-n1nc(C)c(C)n1.COc1ccc(Cl)cc1N/N=C(C)/C(C)=N/O.COc1ccc(Cl)cc1NN.COc1ccc(Cl)cc1[N+]#N.Cc1nn(-c2cc(Cl)ccc2O)nc1C.O=S(=O)=S(=O)=O.[Li+].[Na][Na].[OH-]. The Morgan fingerprint density at radius 1 is 0.471 bits per heavy atom. The van der Waals surface area contributed by atoms with Gasteiger partial charge in [-0.3, -0.25) is 20.9 Å². The number of hydrazone groups is 1. The number of Topliss-reactive ketones (excluding diaryl/α,β-unsaturated/α-hetero) is 1. The standard InChI is InChI=1S/C19H18ClN3O3.C11H14ClN3O2.C11H12ClN3O.C10H10ClN3O.C9H9BrO2.C7H9ClN2O.C7H6ClN2O.C4H7NO2.7CH4.BBr3.Li.2Na.O4S2.H2O/c1-12-13(2)22-23(21-12)16-11-15(20)9-10-17(16)26-18(19(24)25-3)14-7-5-4-6-8-14;1-7(8(2)15-16)13-14-10-6-9(12)4-5-11(10)17-3;1-7-8(2)14-15(13-7)10-6-9(12)4-5-11(10)16-3;1-6-7(2)13-14(12-6)9-5-8(11)3-4-10(9)15;1-12-9(11)8(10)7-5-3-2-4-6-7;2*1-11-7-3-2-5(8)4-6(7)10-9;1-3(5-7)4(2)6;;;;;;;;2-1(3)4;;;;1-5(2)6(3)4;/h4-11,18H,1-3H3;4-6,14,16H,1-3H3;4-6H,1-3H3;3-5,15H,1-2H3;2-6,8H,1H3;2-4,10H,9H2,1H3;2-4H,1H3;7H,1-2H3;7*1H4;;;;;;1H2/q;;;;;;+1;;;;;;;;;;+1;;;;/p-1/b;13-7+,15-8+;;;;;;5-3+;;;;;;;;;;;;;. The number of halogens is 10. The van der Waals surface area contributed by atoms with Gasteiger partial charge >= 0.3 is 102 Å². The Kier molecular flexibility index (Phi) is 85.7. The van der Waals surface area contributed by atoms with Crippen molar-refractivity contribution in [2.45, 2.75) is 132 Å². The van der Waals surface area contributed by atoms with Crippen LogP contribution >= 0.6 is 133 Å². The minimum absolute atomic E-state index is 0. The number of aromatic nitrogens is 9. The molecule has 51 heteroatoms. The minimum atomic E-state index is -2.95. The molecule has 2 atom stereocenters. The van der Waals surface area contributed by atoms with Crippen LogP contribution in [-0.2, 0) is 42.4 Å². The van der Waals surface area contributed by atoms with E-state index in [2.05, 4.69) is 130 Å². The smallest absolute Gasteiger partial charge is 0.870 e. The Hall–Kier alpha value is -7.90. The van der Waals surface area contributed by atoms with Crippen molar-refractivity contribution >= 4 is 250 Å². The molecule has 136 heavy (non-hydrogen) atoms. The van der Waals surface area contributed by atoms with E-state index in [-0.39, 0.29) is 108 Å². The number of ether oxygens (including phenoxy) is 7. The van der Waals surface area contributed by atoms with E-state index in [0.29, 0.717) is 104 Å². The van der Waals surface area contributed by atoms with E-state index < -0.39 is 30.6 Å². The van der Waals surface area contributed by atoms with E-state index >= 15 is 0 Å². The average Bonchev–Trinajstić information content (AvgIpc) is 1.79. The molecule has 0 aliphatic rings. The fraction of sp³-hybridized carbons (Fsp3) is 0.294. The summed E-state index contributed by atoms with van der Waals surface area (Å²) in [7, 11) is 3.04. The van der Waals surface area contributed by atoms with E-state index in [0.717, 1.165) is 45.4 Å². The zero-order valence-corrected chi connectivity index (χ0v) is 89.3. The number of oxime groups is 2. The molecule has 734 valence electrons. The number of hydrogen-bond acceptors (Lipinski definition) is 31. The van der Waals surface area contributed by atoms with Crippen LogP contribution in [-0.4, -0.2) is 207 Å². The summed E-state index contributed by atoms with van der Waals surface area (Å²) in [6, 6.07) is 48.9. The number of carbonyl (C=O) groups is 3. The summed E-state index contributed by atoms with van der Waals surface area (Å²) in [5.74, 6) is 7.25. The average molecular weight is 2320 g/mol. The first kappa shape index (κ1) is 146. The Bertz CT molecular complexity index is 5700. The molecule has 0 saturated carbocycles. The molecule has 3 aromatic heterocycles. The molecule has 0 amide bonds. The third-order valence-electron chi connectivity index (χ3n) is 15.5. The number of anilines is 2. The first-order valence-corrected chi connectivity index (χ1v) is 52.8. The van der Waals surface area contributed by atoms with Gasteiger partial charge in [-0.1, -0.05) is 208 Å². The van der Waals surface area contributed by atoms with E-state index in [9.17, 15) is 19.5 Å². The second-order valence-electron chi connectivity index (χ2n) is 23.9. The Morgan fingerprint density at radius 2 is 0.779 bits per heavy atom. The third kappa shape index (κ3) is 54.0. The molecule has 0 radical (unpaired) electrons. The minimum Gasteiger partial charge on any atom is -0.870 e. The summed E-state index contributed by atoms with van der Waals surface area (Å²) in [6.07, 6.45) is -0.918. The second-order valence-corrected chi connectivity index (χ2v) is 36.3. The van der Waals surface area contributed by atoms with Crippen molar-refractivity contribution in [2.75, 3.05) is 53.5 Å². The molecular weight excluding hydrogens is 2210 g/mol. The van der Waals surface area contributed by atoms with Crippen LogP contribution in [0.5, 0.6) is 34.5 Å². The molecule has 0 saturated heterocycles. The quantitative estimate of drug-likeness (QED) is 0.00679. The number of aryl methyl sites for hydroxylation is 6. The van der Waals surface area contributed by atoms with Crippen LogP contribution in [0.1, 0.15) is 136 Å². The maximum Gasteiger partial charge on any atom is -0.870 e. The maximum atomic E-state index is 12.3. The molecule has 3 heterocycles. The number of ketones is 1. The van der Waals surface area contributed by atoms with Crippen molar-refractivity contribution in [3.63, 3.8) is 0 Å². The molecule has 0 bridgehead atoms. The van der Waals surface area contributed by atoms with Crippen molar-refractivity contribution in [3.8, 4) is 51.6 Å². The second kappa shape index (κ2) is 79.8. The molecule has 35 nitrogen and oxygen atoms in total. The summed E-state index contributed by atoms with van der Waals surface area (Å²) in [4.78, 5) is 40.4. The molecule has 0 aliphatic carbocycles. The number of nitrogens with zero attached hydrogens (tertiary/aromatic N) is 14. The van der Waals surface area contributed by atoms with Gasteiger partial charge in [-0.2, -0.15) is 52.5 Å². The van der Waals surface area contributed by atoms with Crippen molar-refractivity contribution in [2.24, 2.45) is 21.3 Å². The molecule has 11 rings (SSSR count). The number of methoxy groups -OCH3 is 6. The number of rotatable bonds is 18. The number of benzene rings is 8. The molecule has 8 N–H and O–H groups in total. The largest absolute Gasteiger partial charge is 0.870 e. The first-order chi connectivity index (χ1) is 60.1. The van der Waals surface area contributed by atoms with Crippen LogP contribution in [0, 0.1) is 46.9 Å². The van der Waals surface area contributed by atoms with Crippen molar-refractivity contribution in [1.82, 2.24) is 45.0 Å². The number of nitrogen functional groups attached to an aromatic ring is 1. The molecule has 8 aromatic carbocycles. The number of diazo groups is 1. The zero-order chi connectivity index (χ0) is 96.3. The van der Waals surface area contributed by atoms with Crippen LogP contribution in [0.15, 0.2) is 185 Å². The van der Waals surface area contributed by atoms with Gasteiger partial charge in [-0.25, -0.2) is 4.79 Å². The number of phenolic OH excluding ortho intramolecular Hbond substituents is 1. The summed E-state index contributed by atoms with van der Waals surface area (Å²) in [6.45, 7) is 17.4. The molecule has 0 spiro atoms. The van der Waals surface area contributed by atoms with Gasteiger partial charge in [0.05, 0.1) is 106 Å². The van der Waals surface area contributed by atoms with Crippen LogP contribution in [0.2, 0.25) is 30.1 Å².